The number of likely N-dealkylation sites (N-methyl/N-ethyl adjacent to an activating group) is 1. The first-order valence-electron chi connectivity index (χ1n) is 11.1. The van der Waals surface area contributed by atoms with Gasteiger partial charge in [-0.3, -0.25) is 24.0 Å². The third-order valence-corrected chi connectivity index (χ3v) is 7.81. The van der Waals surface area contributed by atoms with E-state index in [1.165, 1.54) is 61.3 Å². The van der Waals surface area contributed by atoms with Gasteiger partial charge in [-0.25, -0.2) is 8.42 Å². The van der Waals surface area contributed by atoms with Crippen LogP contribution in [0.2, 0.25) is 5.02 Å². The summed E-state index contributed by atoms with van der Waals surface area (Å²) in [5.74, 6) is -1.17. The number of anilines is 1. The van der Waals surface area contributed by atoms with Crippen molar-refractivity contribution in [2.24, 2.45) is 0 Å². The zero-order valence-corrected chi connectivity index (χ0v) is 21.6. The number of carbonyl (C=O) groups is 2. The van der Waals surface area contributed by atoms with Crippen LogP contribution in [0.25, 0.3) is 0 Å². The highest BCUT2D eigenvalue weighted by Crippen LogP contribution is 2.28. The molecule has 0 fully saturated rings. The number of hydrogen-bond donors (Lipinski definition) is 1. The molecule has 3 aromatic rings. The van der Waals surface area contributed by atoms with Gasteiger partial charge in [-0.15, -0.1) is 0 Å². The van der Waals surface area contributed by atoms with Gasteiger partial charge in [0.1, 0.15) is 12.6 Å². The number of carbonyl (C=O) groups excluding carboxylic acids is 2. The molecule has 0 heterocycles. The Labute approximate surface area is 219 Å². The van der Waals surface area contributed by atoms with Crippen molar-refractivity contribution >= 4 is 44.8 Å². The maximum Gasteiger partial charge on any atom is 0.271 e. The summed E-state index contributed by atoms with van der Waals surface area (Å²) in [5, 5.41) is 14.2. The van der Waals surface area contributed by atoms with Crippen molar-refractivity contribution in [2.45, 2.75) is 24.4 Å². The largest absolute Gasteiger partial charge is 0.357 e. The number of benzene rings is 3. The predicted molar refractivity (Wildman–Crippen MR) is 140 cm³/mol. The van der Waals surface area contributed by atoms with E-state index in [-0.39, 0.29) is 22.8 Å². The molecule has 0 saturated carbocycles. The van der Waals surface area contributed by atoms with Gasteiger partial charge in [-0.2, -0.15) is 0 Å². The Hall–Kier alpha value is -3.96. The number of nitrogens with one attached hydrogen (secondary N) is 1. The standard InChI is InChI=1S/C25H25ClN4O6S/c1-18(25(32)27-2)28(16-19-9-6-7-14-23(19)26)24(31)17-29(20-10-8-11-21(15-20)30(33)34)37(35,36)22-12-4-3-5-13-22/h3-15,18H,16-17H2,1-2H3,(H,27,32)/t18-/m1/s1. The Balaban J connectivity index is 2.08. The Morgan fingerprint density at radius 3 is 2.30 bits per heavy atom. The van der Waals surface area contributed by atoms with E-state index in [9.17, 15) is 28.1 Å². The molecule has 194 valence electrons. The fourth-order valence-corrected chi connectivity index (χ4v) is 5.23. The molecular weight excluding hydrogens is 520 g/mol. The van der Waals surface area contributed by atoms with E-state index in [2.05, 4.69) is 5.32 Å². The fourth-order valence-electron chi connectivity index (χ4n) is 3.61. The Bertz CT molecular complexity index is 1400. The smallest absolute Gasteiger partial charge is 0.271 e. The van der Waals surface area contributed by atoms with E-state index in [4.69, 9.17) is 11.6 Å². The molecule has 10 nitrogen and oxygen atoms in total. The zero-order valence-electron chi connectivity index (χ0n) is 20.1. The molecule has 3 rings (SSSR count). The van der Waals surface area contributed by atoms with E-state index in [1.807, 2.05) is 0 Å². The van der Waals surface area contributed by atoms with Crippen LogP contribution >= 0.6 is 11.6 Å². The molecule has 0 saturated heterocycles. The van der Waals surface area contributed by atoms with Crippen molar-refractivity contribution < 1.29 is 22.9 Å². The number of sulfonamides is 1. The van der Waals surface area contributed by atoms with Crippen molar-refractivity contribution in [3.05, 3.63) is 99.6 Å². The summed E-state index contributed by atoms with van der Waals surface area (Å²) in [4.78, 5) is 38.0. The van der Waals surface area contributed by atoms with E-state index in [0.717, 1.165) is 10.4 Å². The van der Waals surface area contributed by atoms with Crippen LogP contribution in [-0.2, 0) is 26.2 Å². The molecular formula is C25H25ClN4O6S. The lowest BCUT2D eigenvalue weighted by molar-refractivity contribution is -0.384. The number of amides is 2. The average molecular weight is 545 g/mol. The maximum absolute atomic E-state index is 13.7. The van der Waals surface area contributed by atoms with Gasteiger partial charge < -0.3 is 10.2 Å². The van der Waals surface area contributed by atoms with Crippen LogP contribution in [0.3, 0.4) is 0 Å². The van der Waals surface area contributed by atoms with Crippen LogP contribution in [0, 0.1) is 10.1 Å². The highest BCUT2D eigenvalue weighted by molar-refractivity contribution is 7.92. The van der Waals surface area contributed by atoms with Gasteiger partial charge in [0.25, 0.3) is 15.7 Å². The Morgan fingerprint density at radius 1 is 1.03 bits per heavy atom. The summed E-state index contributed by atoms with van der Waals surface area (Å²) in [6, 6.07) is 18.2. The molecule has 0 unspecified atom stereocenters. The Kier molecular flexibility index (Phi) is 8.85. The van der Waals surface area contributed by atoms with Crippen LogP contribution in [0.5, 0.6) is 0 Å². The molecule has 37 heavy (non-hydrogen) atoms. The van der Waals surface area contributed by atoms with Crippen molar-refractivity contribution in [2.75, 3.05) is 17.9 Å². The van der Waals surface area contributed by atoms with Gasteiger partial charge in [0.2, 0.25) is 11.8 Å². The highest BCUT2D eigenvalue weighted by atomic mass is 35.5. The number of nitro groups is 1. The lowest BCUT2D eigenvalue weighted by atomic mass is 10.1. The molecule has 0 aliphatic carbocycles. The highest BCUT2D eigenvalue weighted by Gasteiger charge is 2.33. The number of non-ortho nitro benzene ring substituents is 1. The molecule has 0 radical (unpaired) electrons. The second-order valence-electron chi connectivity index (χ2n) is 8.00. The van der Waals surface area contributed by atoms with Gasteiger partial charge in [-0.05, 0) is 36.8 Å². The van der Waals surface area contributed by atoms with E-state index < -0.39 is 39.3 Å². The maximum atomic E-state index is 13.7. The number of rotatable bonds is 10. The van der Waals surface area contributed by atoms with Crippen molar-refractivity contribution in [3.8, 4) is 0 Å². The van der Waals surface area contributed by atoms with Gasteiger partial charge in [-0.1, -0.05) is 54.1 Å². The molecule has 2 amide bonds. The second kappa shape index (κ2) is 11.8. The number of hydrogen-bond acceptors (Lipinski definition) is 6. The van der Waals surface area contributed by atoms with Gasteiger partial charge in [0.15, 0.2) is 0 Å². The van der Waals surface area contributed by atoms with Crippen LogP contribution in [0.4, 0.5) is 11.4 Å². The van der Waals surface area contributed by atoms with E-state index in [1.54, 1.807) is 30.3 Å². The molecule has 0 aliphatic rings. The quantitative estimate of drug-likeness (QED) is 0.306. The molecule has 1 atom stereocenters. The number of nitro benzene ring substituents is 1. The minimum atomic E-state index is -4.32. The first kappa shape index (κ1) is 27.6. The third kappa shape index (κ3) is 6.43. The SMILES string of the molecule is CNC(=O)[C@@H](C)N(Cc1ccccc1Cl)C(=O)CN(c1cccc([N+](=O)[O-])c1)S(=O)(=O)c1ccccc1. The lowest BCUT2D eigenvalue weighted by Gasteiger charge is -2.31. The molecule has 0 spiro atoms. The van der Waals surface area contributed by atoms with E-state index in [0.29, 0.717) is 10.6 Å². The monoisotopic (exact) mass is 544 g/mol. The normalized spacial score (nSPS) is 11.9. The average Bonchev–Trinajstić information content (AvgIpc) is 2.90. The number of nitrogens with zero attached hydrogens (tertiary/aromatic N) is 3. The molecule has 0 aromatic heterocycles. The summed E-state index contributed by atoms with van der Waals surface area (Å²) < 4.78 is 28.1. The molecule has 3 aromatic carbocycles. The molecule has 0 bridgehead atoms. The topological polar surface area (TPSA) is 130 Å². The van der Waals surface area contributed by atoms with Crippen LogP contribution in [-0.4, -0.2) is 49.7 Å². The summed E-state index contributed by atoms with van der Waals surface area (Å²) in [5.41, 5.74) is 0.141. The van der Waals surface area contributed by atoms with Gasteiger partial charge in [0.05, 0.1) is 15.5 Å². The summed E-state index contributed by atoms with van der Waals surface area (Å²) in [6.45, 7) is 0.725. The minimum absolute atomic E-state index is 0.0682. The lowest BCUT2D eigenvalue weighted by Crippen LogP contribution is -2.50. The second-order valence-corrected chi connectivity index (χ2v) is 10.3. The first-order valence-corrected chi connectivity index (χ1v) is 12.9. The number of halogens is 1. The first-order chi connectivity index (χ1) is 17.6. The minimum Gasteiger partial charge on any atom is -0.357 e. The zero-order chi connectivity index (χ0) is 27.2. The van der Waals surface area contributed by atoms with Crippen molar-refractivity contribution in [1.82, 2.24) is 10.2 Å². The van der Waals surface area contributed by atoms with Gasteiger partial charge >= 0.3 is 0 Å². The summed E-state index contributed by atoms with van der Waals surface area (Å²) in [6.07, 6.45) is 0. The molecule has 12 heteroatoms. The Morgan fingerprint density at radius 2 is 1.68 bits per heavy atom. The predicted octanol–water partition coefficient (Wildman–Crippen LogP) is 3.61. The van der Waals surface area contributed by atoms with Crippen LogP contribution < -0.4 is 9.62 Å². The third-order valence-electron chi connectivity index (χ3n) is 5.65. The van der Waals surface area contributed by atoms with Crippen molar-refractivity contribution in [1.29, 1.82) is 0 Å². The summed E-state index contributed by atoms with van der Waals surface area (Å²) >= 11 is 6.28. The van der Waals surface area contributed by atoms with Crippen LogP contribution in [0.15, 0.2) is 83.8 Å². The summed E-state index contributed by atoms with van der Waals surface area (Å²) in [7, 11) is -2.90. The van der Waals surface area contributed by atoms with Crippen molar-refractivity contribution in [3.63, 3.8) is 0 Å². The van der Waals surface area contributed by atoms with Crippen LogP contribution in [0.1, 0.15) is 12.5 Å². The molecule has 1 N–H and O–H groups in total. The van der Waals surface area contributed by atoms with Gasteiger partial charge in [0, 0.05) is 30.7 Å². The molecule has 0 aliphatic heterocycles. The fraction of sp³-hybridized carbons (Fsp3) is 0.200. The van der Waals surface area contributed by atoms with E-state index >= 15 is 0 Å².